The van der Waals surface area contributed by atoms with E-state index >= 15 is 0 Å². The first-order valence-electron chi connectivity index (χ1n) is 7.69. The molecule has 130 valence electrons. The molecule has 0 radical (unpaired) electrons. The highest BCUT2D eigenvalue weighted by molar-refractivity contribution is 9.10. The number of aromatic nitrogens is 1. The van der Waals surface area contributed by atoms with Crippen LogP contribution in [0.25, 0.3) is 0 Å². The SMILES string of the molecule is Oc1cc(/C=N\NC(=Nc2ccccc2)c2ccccn2)cc(Br)c1O. The molecule has 0 unspecified atom stereocenters. The van der Waals surface area contributed by atoms with Crippen molar-refractivity contribution in [1.29, 1.82) is 0 Å². The van der Waals surface area contributed by atoms with Gasteiger partial charge in [-0.2, -0.15) is 5.10 Å². The lowest BCUT2D eigenvalue weighted by atomic mass is 10.2. The summed E-state index contributed by atoms with van der Waals surface area (Å²) in [4.78, 5) is 8.83. The Morgan fingerprint density at radius 3 is 2.50 bits per heavy atom. The molecular weight excluding hydrogens is 396 g/mol. The molecule has 0 amide bonds. The van der Waals surface area contributed by atoms with Crippen LogP contribution in [-0.2, 0) is 0 Å². The minimum Gasteiger partial charge on any atom is -0.504 e. The van der Waals surface area contributed by atoms with Gasteiger partial charge in [0, 0.05) is 6.20 Å². The zero-order valence-electron chi connectivity index (χ0n) is 13.5. The topological polar surface area (TPSA) is 90.1 Å². The van der Waals surface area contributed by atoms with Gasteiger partial charge in [0.05, 0.1) is 16.4 Å². The molecular formula is C19H15BrN4O2. The van der Waals surface area contributed by atoms with Gasteiger partial charge >= 0.3 is 0 Å². The van der Waals surface area contributed by atoms with Gasteiger partial charge in [-0.1, -0.05) is 24.3 Å². The first kappa shape index (κ1) is 17.6. The number of benzene rings is 2. The summed E-state index contributed by atoms with van der Waals surface area (Å²) in [5.74, 6) is 0.0359. The largest absolute Gasteiger partial charge is 0.504 e. The number of nitrogens with zero attached hydrogens (tertiary/aromatic N) is 3. The van der Waals surface area contributed by atoms with E-state index in [1.165, 1.54) is 12.3 Å². The molecule has 2 aromatic carbocycles. The van der Waals surface area contributed by atoms with E-state index in [0.29, 0.717) is 21.6 Å². The van der Waals surface area contributed by atoms with Crippen LogP contribution >= 0.6 is 15.9 Å². The van der Waals surface area contributed by atoms with Gasteiger partial charge in [0.15, 0.2) is 17.3 Å². The maximum atomic E-state index is 9.67. The van der Waals surface area contributed by atoms with Crippen LogP contribution in [0.15, 0.2) is 81.4 Å². The quantitative estimate of drug-likeness (QED) is 0.262. The third kappa shape index (κ3) is 4.46. The Morgan fingerprint density at radius 2 is 1.81 bits per heavy atom. The maximum absolute atomic E-state index is 9.67. The predicted molar refractivity (Wildman–Crippen MR) is 105 cm³/mol. The monoisotopic (exact) mass is 410 g/mol. The van der Waals surface area contributed by atoms with Gasteiger partial charge in [0.2, 0.25) is 0 Å². The fourth-order valence-electron chi connectivity index (χ4n) is 2.12. The van der Waals surface area contributed by atoms with E-state index in [1.54, 1.807) is 12.3 Å². The lowest BCUT2D eigenvalue weighted by Crippen LogP contribution is -2.20. The zero-order valence-corrected chi connectivity index (χ0v) is 15.1. The van der Waals surface area contributed by atoms with Crippen molar-refractivity contribution < 1.29 is 10.2 Å². The number of aromatic hydroxyl groups is 2. The molecule has 6 nitrogen and oxygen atoms in total. The fourth-order valence-corrected chi connectivity index (χ4v) is 2.59. The number of hydrogen-bond donors (Lipinski definition) is 3. The molecule has 3 rings (SSSR count). The van der Waals surface area contributed by atoms with Crippen molar-refractivity contribution in [2.24, 2.45) is 10.1 Å². The lowest BCUT2D eigenvalue weighted by Gasteiger charge is -2.06. The van der Waals surface area contributed by atoms with Crippen molar-refractivity contribution in [3.8, 4) is 11.5 Å². The summed E-state index contributed by atoms with van der Waals surface area (Å²) in [6.07, 6.45) is 3.18. The number of aliphatic imine (C=N–C) groups is 1. The molecule has 0 aliphatic heterocycles. The molecule has 1 aromatic heterocycles. The number of para-hydroxylation sites is 1. The summed E-state index contributed by atoms with van der Waals surface area (Å²) in [5, 5.41) is 23.4. The Balaban J connectivity index is 1.86. The van der Waals surface area contributed by atoms with E-state index in [2.05, 4.69) is 36.4 Å². The van der Waals surface area contributed by atoms with Crippen LogP contribution in [0.3, 0.4) is 0 Å². The van der Waals surface area contributed by atoms with Gasteiger partial charge in [-0.05, 0) is 57.9 Å². The minimum atomic E-state index is -0.233. The van der Waals surface area contributed by atoms with Crippen LogP contribution in [0.4, 0.5) is 5.69 Å². The smallest absolute Gasteiger partial charge is 0.172 e. The van der Waals surface area contributed by atoms with Gasteiger partial charge < -0.3 is 10.2 Å². The Bertz CT molecular complexity index is 921. The minimum absolute atomic E-state index is 0.213. The molecule has 0 atom stereocenters. The molecule has 0 bridgehead atoms. The highest BCUT2D eigenvalue weighted by atomic mass is 79.9. The van der Waals surface area contributed by atoms with Crippen molar-refractivity contribution >= 4 is 33.7 Å². The van der Waals surface area contributed by atoms with Crippen LogP contribution in [0, 0.1) is 0 Å². The predicted octanol–water partition coefficient (Wildman–Crippen LogP) is 3.96. The summed E-state index contributed by atoms with van der Waals surface area (Å²) in [7, 11) is 0. The highest BCUT2D eigenvalue weighted by Crippen LogP contribution is 2.33. The van der Waals surface area contributed by atoms with Gasteiger partial charge in [0.1, 0.15) is 5.69 Å². The number of hydrazone groups is 1. The standard InChI is InChI=1S/C19H15BrN4O2/c20-15-10-13(11-17(25)18(15)26)12-22-24-19(16-8-4-5-9-21-16)23-14-6-2-1-3-7-14/h1-12,25-26H,(H,23,24)/b22-12-. The molecule has 3 N–H and O–H groups in total. The normalized spacial score (nSPS) is 11.7. The van der Waals surface area contributed by atoms with Crippen LogP contribution in [0.5, 0.6) is 11.5 Å². The number of phenolic OH excluding ortho intramolecular Hbond substituents is 2. The third-order valence-corrected chi connectivity index (χ3v) is 3.96. The number of halogens is 1. The Hall–Kier alpha value is -3.19. The summed E-state index contributed by atoms with van der Waals surface area (Å²) in [6.45, 7) is 0. The van der Waals surface area contributed by atoms with Crippen molar-refractivity contribution in [2.75, 3.05) is 0 Å². The van der Waals surface area contributed by atoms with E-state index in [-0.39, 0.29) is 11.5 Å². The summed E-state index contributed by atoms with van der Waals surface area (Å²) < 4.78 is 0.377. The molecule has 0 fully saturated rings. The number of phenols is 2. The molecule has 1 heterocycles. The molecule has 0 aliphatic carbocycles. The Labute approximate surface area is 158 Å². The number of nitrogens with one attached hydrogen (secondary N) is 1. The van der Waals surface area contributed by atoms with E-state index in [1.807, 2.05) is 48.5 Å². The molecule has 3 aromatic rings. The second-order valence-electron chi connectivity index (χ2n) is 5.25. The second kappa shape index (κ2) is 8.26. The number of pyridine rings is 1. The fraction of sp³-hybridized carbons (Fsp3) is 0. The van der Waals surface area contributed by atoms with Gasteiger partial charge in [0.25, 0.3) is 0 Å². The number of amidine groups is 1. The van der Waals surface area contributed by atoms with Crippen molar-refractivity contribution in [2.45, 2.75) is 0 Å². The van der Waals surface area contributed by atoms with E-state index in [0.717, 1.165) is 5.69 Å². The number of rotatable bonds is 4. The average Bonchev–Trinajstić information content (AvgIpc) is 2.67. The Morgan fingerprint density at radius 1 is 1.04 bits per heavy atom. The third-order valence-electron chi connectivity index (χ3n) is 3.35. The van der Waals surface area contributed by atoms with Gasteiger partial charge in [-0.25, -0.2) is 4.99 Å². The summed E-state index contributed by atoms with van der Waals surface area (Å²) in [5.41, 5.74) is 4.89. The van der Waals surface area contributed by atoms with E-state index in [9.17, 15) is 10.2 Å². The lowest BCUT2D eigenvalue weighted by molar-refractivity contribution is 0.401. The second-order valence-corrected chi connectivity index (χ2v) is 6.11. The van der Waals surface area contributed by atoms with Gasteiger partial charge in [-0.15, -0.1) is 0 Å². The highest BCUT2D eigenvalue weighted by Gasteiger charge is 2.06. The first-order chi connectivity index (χ1) is 12.6. The van der Waals surface area contributed by atoms with Crippen LogP contribution in [0.1, 0.15) is 11.3 Å². The van der Waals surface area contributed by atoms with Gasteiger partial charge in [-0.3, -0.25) is 10.4 Å². The van der Waals surface area contributed by atoms with E-state index < -0.39 is 0 Å². The van der Waals surface area contributed by atoms with Crippen LogP contribution < -0.4 is 5.43 Å². The van der Waals surface area contributed by atoms with Crippen molar-refractivity contribution in [3.63, 3.8) is 0 Å². The number of hydrogen-bond acceptors (Lipinski definition) is 5. The average molecular weight is 411 g/mol. The van der Waals surface area contributed by atoms with Crippen LogP contribution in [-0.4, -0.2) is 27.2 Å². The van der Waals surface area contributed by atoms with Crippen LogP contribution in [0.2, 0.25) is 0 Å². The molecule has 0 spiro atoms. The first-order valence-corrected chi connectivity index (χ1v) is 8.48. The summed E-state index contributed by atoms with van der Waals surface area (Å²) in [6, 6.07) is 18.0. The Kier molecular flexibility index (Phi) is 5.60. The zero-order chi connectivity index (χ0) is 18.4. The molecule has 26 heavy (non-hydrogen) atoms. The summed E-state index contributed by atoms with van der Waals surface area (Å²) >= 11 is 3.17. The molecule has 0 saturated heterocycles. The maximum Gasteiger partial charge on any atom is 0.172 e. The van der Waals surface area contributed by atoms with Crippen molar-refractivity contribution in [1.82, 2.24) is 10.4 Å². The molecule has 0 saturated carbocycles. The van der Waals surface area contributed by atoms with Crippen molar-refractivity contribution in [3.05, 3.63) is 82.6 Å². The molecule has 0 aliphatic rings. The molecule has 7 heteroatoms. The van der Waals surface area contributed by atoms with E-state index in [4.69, 9.17) is 0 Å².